The van der Waals surface area contributed by atoms with Gasteiger partial charge in [0.15, 0.2) is 0 Å². The first kappa shape index (κ1) is 11.9. The van der Waals surface area contributed by atoms with E-state index in [1.165, 1.54) is 11.3 Å². The van der Waals surface area contributed by atoms with E-state index in [1.807, 2.05) is 18.2 Å². The molecule has 82 valence electrons. The molecule has 0 amide bonds. The Balaban J connectivity index is 2.59. The molecule has 0 fully saturated rings. The molecule has 3 nitrogen and oxygen atoms in total. The SMILES string of the molecule is CCOC(=O)c1ccc(C=CCCN)s1. The molecule has 15 heavy (non-hydrogen) atoms. The van der Waals surface area contributed by atoms with Crippen molar-refractivity contribution in [2.24, 2.45) is 5.73 Å². The lowest BCUT2D eigenvalue weighted by atomic mass is 10.3. The molecule has 0 atom stereocenters. The van der Waals surface area contributed by atoms with E-state index in [2.05, 4.69) is 0 Å². The molecule has 0 aliphatic heterocycles. The van der Waals surface area contributed by atoms with Crippen LogP contribution in [0.25, 0.3) is 6.08 Å². The Morgan fingerprint density at radius 1 is 1.60 bits per heavy atom. The molecule has 1 heterocycles. The van der Waals surface area contributed by atoms with E-state index in [-0.39, 0.29) is 5.97 Å². The van der Waals surface area contributed by atoms with Crippen LogP contribution in [0.15, 0.2) is 18.2 Å². The summed E-state index contributed by atoms with van der Waals surface area (Å²) in [5, 5.41) is 0. The molecule has 4 heteroatoms. The van der Waals surface area contributed by atoms with Crippen LogP contribution in [0.1, 0.15) is 27.9 Å². The minimum atomic E-state index is -0.249. The van der Waals surface area contributed by atoms with Gasteiger partial charge in [-0.25, -0.2) is 4.79 Å². The Morgan fingerprint density at radius 3 is 3.07 bits per heavy atom. The maximum Gasteiger partial charge on any atom is 0.348 e. The molecule has 0 spiro atoms. The number of carbonyl (C=O) groups excluding carboxylic acids is 1. The highest BCUT2D eigenvalue weighted by Gasteiger charge is 2.08. The summed E-state index contributed by atoms with van der Waals surface area (Å²) < 4.78 is 4.89. The minimum Gasteiger partial charge on any atom is -0.462 e. The highest BCUT2D eigenvalue weighted by Crippen LogP contribution is 2.18. The van der Waals surface area contributed by atoms with Crippen molar-refractivity contribution in [3.05, 3.63) is 28.0 Å². The van der Waals surface area contributed by atoms with Gasteiger partial charge in [-0.1, -0.05) is 6.08 Å². The van der Waals surface area contributed by atoms with E-state index in [4.69, 9.17) is 10.5 Å². The van der Waals surface area contributed by atoms with Crippen molar-refractivity contribution in [1.82, 2.24) is 0 Å². The molecule has 0 saturated carbocycles. The summed E-state index contributed by atoms with van der Waals surface area (Å²) in [5.41, 5.74) is 5.36. The van der Waals surface area contributed by atoms with Gasteiger partial charge >= 0.3 is 5.97 Å². The number of hydrogen-bond acceptors (Lipinski definition) is 4. The van der Waals surface area contributed by atoms with Gasteiger partial charge in [-0.15, -0.1) is 11.3 Å². The van der Waals surface area contributed by atoms with Crippen molar-refractivity contribution in [1.29, 1.82) is 0 Å². The molecular weight excluding hydrogens is 210 g/mol. The van der Waals surface area contributed by atoms with Crippen molar-refractivity contribution in [3.8, 4) is 0 Å². The molecular formula is C11H15NO2S. The van der Waals surface area contributed by atoms with Gasteiger partial charge in [0.05, 0.1) is 6.61 Å². The normalized spacial score (nSPS) is 10.8. The van der Waals surface area contributed by atoms with E-state index in [1.54, 1.807) is 13.0 Å². The lowest BCUT2D eigenvalue weighted by Gasteiger charge is -1.96. The van der Waals surface area contributed by atoms with Gasteiger partial charge in [-0.05, 0) is 38.1 Å². The fourth-order valence-corrected chi connectivity index (χ4v) is 1.88. The fourth-order valence-electron chi connectivity index (χ4n) is 1.05. The predicted octanol–water partition coefficient (Wildman–Crippen LogP) is 2.29. The molecule has 2 N–H and O–H groups in total. The molecule has 1 aromatic rings. The van der Waals surface area contributed by atoms with Crippen LogP contribution in [0.5, 0.6) is 0 Å². The zero-order chi connectivity index (χ0) is 11.1. The molecule has 0 aromatic carbocycles. The van der Waals surface area contributed by atoms with E-state index in [0.29, 0.717) is 18.0 Å². The number of nitrogens with two attached hydrogens (primary N) is 1. The van der Waals surface area contributed by atoms with E-state index in [0.717, 1.165) is 11.3 Å². The zero-order valence-corrected chi connectivity index (χ0v) is 9.55. The fraction of sp³-hybridized carbons (Fsp3) is 0.364. The Bertz CT molecular complexity index is 344. The highest BCUT2D eigenvalue weighted by atomic mass is 32.1. The average Bonchev–Trinajstić information content (AvgIpc) is 2.67. The molecule has 0 unspecified atom stereocenters. The quantitative estimate of drug-likeness (QED) is 0.782. The van der Waals surface area contributed by atoms with Gasteiger partial charge < -0.3 is 10.5 Å². The lowest BCUT2D eigenvalue weighted by Crippen LogP contribution is -2.01. The number of ether oxygens (including phenoxy) is 1. The zero-order valence-electron chi connectivity index (χ0n) is 8.73. The minimum absolute atomic E-state index is 0.249. The summed E-state index contributed by atoms with van der Waals surface area (Å²) in [5.74, 6) is -0.249. The second-order valence-electron chi connectivity index (χ2n) is 2.90. The van der Waals surface area contributed by atoms with Crippen LogP contribution in [-0.2, 0) is 4.74 Å². The predicted molar refractivity (Wildman–Crippen MR) is 63.0 cm³/mol. The monoisotopic (exact) mass is 225 g/mol. The Labute approximate surface area is 93.6 Å². The molecule has 0 saturated heterocycles. The molecule has 1 rings (SSSR count). The lowest BCUT2D eigenvalue weighted by molar-refractivity contribution is 0.0532. The topological polar surface area (TPSA) is 52.3 Å². The third kappa shape index (κ3) is 3.85. The van der Waals surface area contributed by atoms with Crippen molar-refractivity contribution >= 4 is 23.4 Å². The smallest absolute Gasteiger partial charge is 0.348 e. The summed E-state index contributed by atoms with van der Waals surface area (Å²) in [6, 6.07) is 3.69. The van der Waals surface area contributed by atoms with Crippen LogP contribution in [0.2, 0.25) is 0 Å². The van der Waals surface area contributed by atoms with E-state index < -0.39 is 0 Å². The number of carbonyl (C=O) groups is 1. The van der Waals surface area contributed by atoms with Crippen LogP contribution < -0.4 is 5.73 Å². The van der Waals surface area contributed by atoms with Gasteiger partial charge in [0.1, 0.15) is 4.88 Å². The van der Waals surface area contributed by atoms with Gasteiger partial charge in [0, 0.05) is 4.88 Å². The van der Waals surface area contributed by atoms with Crippen molar-refractivity contribution in [2.75, 3.05) is 13.2 Å². The molecule has 0 aliphatic carbocycles. The van der Waals surface area contributed by atoms with Crippen LogP contribution >= 0.6 is 11.3 Å². The van der Waals surface area contributed by atoms with Gasteiger partial charge in [-0.2, -0.15) is 0 Å². The second kappa shape index (κ2) is 6.37. The number of hydrogen-bond donors (Lipinski definition) is 1. The first-order chi connectivity index (χ1) is 7.27. The first-order valence-corrected chi connectivity index (χ1v) is 5.73. The van der Waals surface area contributed by atoms with E-state index >= 15 is 0 Å². The molecule has 0 aliphatic rings. The number of thiophene rings is 1. The summed E-state index contributed by atoms with van der Waals surface area (Å²) in [7, 11) is 0. The van der Waals surface area contributed by atoms with E-state index in [9.17, 15) is 4.79 Å². The molecule has 1 aromatic heterocycles. The highest BCUT2D eigenvalue weighted by molar-refractivity contribution is 7.14. The Morgan fingerprint density at radius 2 is 2.40 bits per heavy atom. The number of esters is 1. The van der Waals surface area contributed by atoms with Gasteiger partial charge in [0.25, 0.3) is 0 Å². The Kier molecular flexibility index (Phi) is 5.07. The standard InChI is InChI=1S/C11H15NO2S/c1-2-14-11(13)10-7-6-9(15-10)5-3-4-8-12/h3,5-7H,2,4,8,12H2,1H3. The van der Waals surface area contributed by atoms with Gasteiger partial charge in [0.2, 0.25) is 0 Å². The maximum atomic E-state index is 11.3. The Hall–Kier alpha value is -1.13. The third-order valence-corrected chi connectivity index (χ3v) is 2.75. The maximum absolute atomic E-state index is 11.3. The number of rotatable bonds is 5. The average molecular weight is 225 g/mol. The summed E-state index contributed by atoms with van der Waals surface area (Å²) in [6.45, 7) is 2.86. The van der Waals surface area contributed by atoms with Crippen LogP contribution in [0.4, 0.5) is 0 Å². The van der Waals surface area contributed by atoms with Crippen LogP contribution in [-0.4, -0.2) is 19.1 Å². The van der Waals surface area contributed by atoms with Crippen LogP contribution in [0, 0.1) is 0 Å². The molecule has 0 bridgehead atoms. The van der Waals surface area contributed by atoms with Gasteiger partial charge in [-0.3, -0.25) is 0 Å². The summed E-state index contributed by atoms with van der Waals surface area (Å²) in [6.07, 6.45) is 4.83. The first-order valence-electron chi connectivity index (χ1n) is 4.91. The van der Waals surface area contributed by atoms with Crippen LogP contribution in [0.3, 0.4) is 0 Å². The van der Waals surface area contributed by atoms with Crippen molar-refractivity contribution in [3.63, 3.8) is 0 Å². The van der Waals surface area contributed by atoms with Crippen molar-refractivity contribution in [2.45, 2.75) is 13.3 Å². The second-order valence-corrected chi connectivity index (χ2v) is 4.02. The van der Waals surface area contributed by atoms with Crippen molar-refractivity contribution < 1.29 is 9.53 Å². The largest absolute Gasteiger partial charge is 0.462 e. The summed E-state index contributed by atoms with van der Waals surface area (Å²) in [4.78, 5) is 13.0. The summed E-state index contributed by atoms with van der Waals surface area (Å²) >= 11 is 1.43. The molecule has 0 radical (unpaired) electrons. The third-order valence-electron chi connectivity index (χ3n) is 1.72.